The smallest absolute Gasteiger partial charge is 0.0439 e. The van der Waals surface area contributed by atoms with Gasteiger partial charge in [-0.2, -0.15) is 0 Å². The van der Waals surface area contributed by atoms with Crippen molar-refractivity contribution < 1.29 is 0 Å². The van der Waals surface area contributed by atoms with Crippen molar-refractivity contribution in [3.8, 4) is 0 Å². The summed E-state index contributed by atoms with van der Waals surface area (Å²) >= 11 is 5.98. The molecule has 0 aliphatic carbocycles. The van der Waals surface area contributed by atoms with E-state index in [0.717, 1.165) is 29.1 Å². The third kappa shape index (κ3) is 3.25. The van der Waals surface area contributed by atoms with Crippen molar-refractivity contribution in [2.24, 2.45) is 5.73 Å². The van der Waals surface area contributed by atoms with E-state index in [1.807, 2.05) is 19.1 Å². The van der Waals surface area contributed by atoms with E-state index in [4.69, 9.17) is 23.1 Å². The van der Waals surface area contributed by atoms with Crippen molar-refractivity contribution in [1.29, 1.82) is 0 Å². The SMILES string of the molecule is CC(N)CCc1cc(N)ccc1Cl. The fourth-order valence-electron chi connectivity index (χ4n) is 1.17. The molecule has 0 aliphatic heterocycles. The van der Waals surface area contributed by atoms with Crippen molar-refractivity contribution in [3.05, 3.63) is 28.8 Å². The molecule has 1 aromatic carbocycles. The van der Waals surface area contributed by atoms with E-state index in [1.165, 1.54) is 0 Å². The van der Waals surface area contributed by atoms with Crippen LogP contribution < -0.4 is 11.5 Å². The summed E-state index contributed by atoms with van der Waals surface area (Å²) in [6.45, 7) is 1.99. The number of anilines is 1. The van der Waals surface area contributed by atoms with Gasteiger partial charge in [-0.25, -0.2) is 0 Å². The van der Waals surface area contributed by atoms with Gasteiger partial charge in [0.05, 0.1) is 0 Å². The van der Waals surface area contributed by atoms with E-state index >= 15 is 0 Å². The molecule has 1 rings (SSSR count). The molecular weight excluding hydrogens is 184 g/mol. The Labute approximate surface area is 83.9 Å². The maximum absolute atomic E-state index is 5.98. The standard InChI is InChI=1S/C10H15ClN2/c1-7(12)2-3-8-6-9(13)4-5-10(8)11/h4-7H,2-3,12-13H2,1H3. The topological polar surface area (TPSA) is 52.0 Å². The first-order chi connectivity index (χ1) is 6.09. The Morgan fingerprint density at radius 2 is 2.15 bits per heavy atom. The van der Waals surface area contributed by atoms with Gasteiger partial charge in [-0.05, 0) is 43.5 Å². The third-order valence-electron chi connectivity index (χ3n) is 1.94. The van der Waals surface area contributed by atoms with Gasteiger partial charge in [-0.3, -0.25) is 0 Å². The van der Waals surface area contributed by atoms with Crippen LogP contribution in [0, 0.1) is 0 Å². The predicted molar refractivity (Wildman–Crippen MR) is 57.8 cm³/mol. The highest BCUT2D eigenvalue weighted by atomic mass is 35.5. The minimum atomic E-state index is 0.206. The minimum absolute atomic E-state index is 0.206. The van der Waals surface area contributed by atoms with Crippen LogP contribution in [0.1, 0.15) is 18.9 Å². The van der Waals surface area contributed by atoms with Gasteiger partial charge in [-0.1, -0.05) is 11.6 Å². The highest BCUT2D eigenvalue weighted by Crippen LogP contribution is 2.20. The molecule has 0 radical (unpaired) electrons. The molecule has 2 nitrogen and oxygen atoms in total. The number of benzene rings is 1. The molecule has 1 atom stereocenters. The molecule has 13 heavy (non-hydrogen) atoms. The first-order valence-electron chi connectivity index (χ1n) is 4.39. The fraction of sp³-hybridized carbons (Fsp3) is 0.400. The Kier molecular flexibility index (Phi) is 3.58. The monoisotopic (exact) mass is 198 g/mol. The van der Waals surface area contributed by atoms with Gasteiger partial charge in [0.15, 0.2) is 0 Å². The number of aryl methyl sites for hydroxylation is 1. The zero-order valence-electron chi connectivity index (χ0n) is 7.76. The number of nitrogens with two attached hydrogens (primary N) is 2. The van der Waals surface area contributed by atoms with Crippen molar-refractivity contribution in [2.75, 3.05) is 5.73 Å². The van der Waals surface area contributed by atoms with Crippen molar-refractivity contribution in [3.63, 3.8) is 0 Å². The van der Waals surface area contributed by atoms with Gasteiger partial charge in [0.1, 0.15) is 0 Å². The lowest BCUT2D eigenvalue weighted by Crippen LogP contribution is -2.15. The van der Waals surface area contributed by atoms with Crippen molar-refractivity contribution >= 4 is 17.3 Å². The molecule has 0 saturated carbocycles. The van der Waals surface area contributed by atoms with E-state index in [2.05, 4.69) is 0 Å². The lowest BCUT2D eigenvalue weighted by Gasteiger charge is -2.07. The zero-order chi connectivity index (χ0) is 9.84. The second-order valence-electron chi connectivity index (χ2n) is 3.37. The Hall–Kier alpha value is -0.730. The van der Waals surface area contributed by atoms with Crippen LogP contribution in [0.15, 0.2) is 18.2 Å². The molecule has 0 amide bonds. The van der Waals surface area contributed by atoms with E-state index in [-0.39, 0.29) is 6.04 Å². The van der Waals surface area contributed by atoms with Crippen LogP contribution >= 0.6 is 11.6 Å². The lowest BCUT2D eigenvalue weighted by atomic mass is 10.1. The summed E-state index contributed by atoms with van der Waals surface area (Å²) in [7, 11) is 0. The van der Waals surface area contributed by atoms with E-state index < -0.39 is 0 Å². The molecule has 1 unspecified atom stereocenters. The molecule has 0 aromatic heterocycles. The van der Waals surface area contributed by atoms with Crippen LogP contribution in [0.5, 0.6) is 0 Å². The van der Waals surface area contributed by atoms with Crippen molar-refractivity contribution in [1.82, 2.24) is 0 Å². The van der Waals surface area contributed by atoms with Gasteiger partial charge < -0.3 is 11.5 Å². The maximum Gasteiger partial charge on any atom is 0.0439 e. The average Bonchev–Trinajstić information content (AvgIpc) is 2.06. The van der Waals surface area contributed by atoms with Crippen LogP contribution in [0.25, 0.3) is 0 Å². The van der Waals surface area contributed by atoms with Crippen LogP contribution in [-0.4, -0.2) is 6.04 Å². The highest BCUT2D eigenvalue weighted by molar-refractivity contribution is 6.31. The number of hydrogen-bond acceptors (Lipinski definition) is 2. The molecular formula is C10H15ClN2. The molecule has 72 valence electrons. The number of nitrogen functional groups attached to an aromatic ring is 1. The van der Waals surface area contributed by atoms with Crippen LogP contribution in [-0.2, 0) is 6.42 Å². The van der Waals surface area contributed by atoms with Gasteiger partial charge in [-0.15, -0.1) is 0 Å². The second kappa shape index (κ2) is 4.49. The number of rotatable bonds is 3. The van der Waals surface area contributed by atoms with Gasteiger partial charge in [0, 0.05) is 16.8 Å². The number of hydrogen-bond donors (Lipinski definition) is 2. The van der Waals surface area contributed by atoms with E-state index in [9.17, 15) is 0 Å². The summed E-state index contributed by atoms with van der Waals surface area (Å²) < 4.78 is 0. The summed E-state index contributed by atoms with van der Waals surface area (Å²) in [5, 5.41) is 0.773. The van der Waals surface area contributed by atoms with Gasteiger partial charge in [0.25, 0.3) is 0 Å². The van der Waals surface area contributed by atoms with Gasteiger partial charge >= 0.3 is 0 Å². The molecule has 0 spiro atoms. The Bertz CT molecular complexity index is 284. The molecule has 1 aromatic rings. The summed E-state index contributed by atoms with van der Waals surface area (Å²) in [5.74, 6) is 0. The average molecular weight is 199 g/mol. The number of halogens is 1. The fourth-order valence-corrected chi connectivity index (χ4v) is 1.38. The summed E-state index contributed by atoms with van der Waals surface area (Å²) in [6.07, 6.45) is 1.82. The van der Waals surface area contributed by atoms with E-state index in [0.29, 0.717) is 0 Å². The Morgan fingerprint density at radius 3 is 2.77 bits per heavy atom. The van der Waals surface area contributed by atoms with Crippen LogP contribution in [0.4, 0.5) is 5.69 Å². The predicted octanol–water partition coefficient (Wildman–Crippen LogP) is 2.20. The molecule has 0 heterocycles. The van der Waals surface area contributed by atoms with Crippen LogP contribution in [0.2, 0.25) is 5.02 Å². The first-order valence-corrected chi connectivity index (χ1v) is 4.77. The van der Waals surface area contributed by atoms with E-state index in [1.54, 1.807) is 6.07 Å². The first kappa shape index (κ1) is 10.4. The Morgan fingerprint density at radius 1 is 1.46 bits per heavy atom. The molecule has 0 aliphatic rings. The minimum Gasteiger partial charge on any atom is -0.399 e. The molecule has 0 bridgehead atoms. The summed E-state index contributed by atoms with van der Waals surface area (Å²) in [4.78, 5) is 0. The normalized spacial score (nSPS) is 12.8. The second-order valence-corrected chi connectivity index (χ2v) is 3.77. The zero-order valence-corrected chi connectivity index (χ0v) is 8.51. The van der Waals surface area contributed by atoms with Gasteiger partial charge in [0.2, 0.25) is 0 Å². The molecule has 4 N–H and O–H groups in total. The summed E-state index contributed by atoms with van der Waals surface area (Å²) in [6, 6.07) is 5.74. The maximum atomic E-state index is 5.98. The molecule has 0 fully saturated rings. The van der Waals surface area contributed by atoms with Crippen molar-refractivity contribution in [2.45, 2.75) is 25.8 Å². The quantitative estimate of drug-likeness (QED) is 0.732. The Balaban J connectivity index is 2.70. The molecule has 0 saturated heterocycles. The largest absolute Gasteiger partial charge is 0.399 e. The lowest BCUT2D eigenvalue weighted by molar-refractivity contribution is 0.666. The van der Waals surface area contributed by atoms with Crippen LogP contribution in [0.3, 0.4) is 0 Å². The molecule has 3 heteroatoms. The third-order valence-corrected chi connectivity index (χ3v) is 2.31. The summed E-state index contributed by atoms with van der Waals surface area (Å²) in [5.41, 5.74) is 13.1. The highest BCUT2D eigenvalue weighted by Gasteiger charge is 2.02.